The van der Waals surface area contributed by atoms with Gasteiger partial charge in [0.15, 0.2) is 0 Å². The summed E-state index contributed by atoms with van der Waals surface area (Å²) in [6, 6.07) is 20.8. The van der Waals surface area contributed by atoms with E-state index in [1.807, 2.05) is 30.3 Å². The van der Waals surface area contributed by atoms with Gasteiger partial charge >= 0.3 is 0 Å². The maximum Gasteiger partial charge on any atom is 0.266 e. The highest BCUT2D eigenvalue weighted by atomic mass is 19.1. The van der Waals surface area contributed by atoms with Crippen molar-refractivity contribution in [3.05, 3.63) is 100 Å². The molecular weight excluding hydrogens is 393 g/mol. The molecule has 1 aromatic heterocycles. The summed E-state index contributed by atoms with van der Waals surface area (Å²) in [7, 11) is 0. The molecule has 5 nitrogen and oxygen atoms in total. The Balaban J connectivity index is 1.53. The number of rotatable bonds is 6. The minimum absolute atomic E-state index is 0.103. The molecule has 4 rings (SSSR count). The maximum atomic E-state index is 13.3. The van der Waals surface area contributed by atoms with Gasteiger partial charge in [-0.2, -0.15) is 0 Å². The highest BCUT2D eigenvalue weighted by Gasteiger charge is 2.12. The molecule has 1 amide bonds. The molecule has 156 valence electrons. The van der Waals surface area contributed by atoms with Crippen LogP contribution in [0.5, 0.6) is 0 Å². The van der Waals surface area contributed by atoms with E-state index in [9.17, 15) is 14.0 Å². The molecule has 0 spiro atoms. The van der Waals surface area contributed by atoms with Crippen LogP contribution >= 0.6 is 0 Å². The maximum absolute atomic E-state index is 13.3. The number of hydrogen-bond acceptors (Lipinski definition) is 3. The van der Waals surface area contributed by atoms with E-state index in [2.05, 4.69) is 10.3 Å². The van der Waals surface area contributed by atoms with Crippen LogP contribution in [-0.2, 0) is 11.2 Å². The number of aryl methyl sites for hydroxylation is 2. The summed E-state index contributed by atoms with van der Waals surface area (Å²) in [4.78, 5) is 30.0. The molecule has 0 radical (unpaired) electrons. The lowest BCUT2D eigenvalue weighted by molar-refractivity contribution is -0.116. The van der Waals surface area contributed by atoms with Crippen LogP contribution in [0.2, 0.25) is 0 Å². The van der Waals surface area contributed by atoms with Crippen molar-refractivity contribution in [2.45, 2.75) is 26.2 Å². The monoisotopic (exact) mass is 415 g/mol. The van der Waals surface area contributed by atoms with Crippen molar-refractivity contribution in [1.82, 2.24) is 9.55 Å². The molecule has 0 unspecified atom stereocenters. The third kappa shape index (κ3) is 4.69. The van der Waals surface area contributed by atoms with Crippen molar-refractivity contribution >= 4 is 22.5 Å². The van der Waals surface area contributed by atoms with E-state index in [0.29, 0.717) is 34.5 Å². The van der Waals surface area contributed by atoms with E-state index < -0.39 is 0 Å². The molecule has 31 heavy (non-hydrogen) atoms. The quantitative estimate of drug-likeness (QED) is 0.492. The predicted octanol–water partition coefficient (Wildman–Crippen LogP) is 4.79. The molecule has 0 bridgehead atoms. The van der Waals surface area contributed by atoms with Crippen LogP contribution in [0.25, 0.3) is 16.6 Å². The topological polar surface area (TPSA) is 64.0 Å². The van der Waals surface area contributed by atoms with Gasteiger partial charge in [-0.25, -0.2) is 9.37 Å². The fraction of sp³-hybridized carbons (Fsp3) is 0.160. The molecule has 0 atom stereocenters. The molecule has 1 N–H and O–H groups in total. The summed E-state index contributed by atoms with van der Waals surface area (Å²) in [6.45, 7) is 1.73. The van der Waals surface area contributed by atoms with E-state index in [1.165, 1.54) is 34.4 Å². The molecule has 0 aliphatic heterocycles. The zero-order valence-corrected chi connectivity index (χ0v) is 17.1. The Hall–Kier alpha value is -3.80. The number of benzene rings is 3. The first-order chi connectivity index (χ1) is 15.0. The van der Waals surface area contributed by atoms with E-state index >= 15 is 0 Å². The summed E-state index contributed by atoms with van der Waals surface area (Å²) in [5.74, 6) is 0.0245. The van der Waals surface area contributed by atoms with Crippen molar-refractivity contribution in [3.63, 3.8) is 0 Å². The SMILES string of the molecule is Cc1nc2ccc(NC(=O)CCCc3ccccc3)cc2c(=O)n1-c1ccc(F)cc1. The second-order valence-electron chi connectivity index (χ2n) is 7.40. The van der Waals surface area contributed by atoms with E-state index in [1.54, 1.807) is 25.1 Å². The van der Waals surface area contributed by atoms with Crippen LogP contribution < -0.4 is 10.9 Å². The molecule has 0 aliphatic rings. The Morgan fingerprint density at radius 2 is 1.77 bits per heavy atom. The third-order valence-corrected chi connectivity index (χ3v) is 5.12. The van der Waals surface area contributed by atoms with E-state index in [0.717, 1.165) is 12.8 Å². The zero-order valence-electron chi connectivity index (χ0n) is 17.1. The molecule has 3 aromatic carbocycles. The molecular formula is C25H22FN3O2. The lowest BCUT2D eigenvalue weighted by Crippen LogP contribution is -2.22. The first-order valence-corrected chi connectivity index (χ1v) is 10.1. The Morgan fingerprint density at radius 1 is 1.03 bits per heavy atom. The first kappa shape index (κ1) is 20.5. The van der Waals surface area contributed by atoms with Crippen molar-refractivity contribution in [3.8, 4) is 5.69 Å². The number of anilines is 1. The minimum atomic E-state index is -0.375. The van der Waals surface area contributed by atoms with Crippen LogP contribution in [-0.4, -0.2) is 15.5 Å². The average molecular weight is 415 g/mol. The number of halogens is 1. The molecule has 1 heterocycles. The van der Waals surface area contributed by atoms with E-state index in [4.69, 9.17) is 0 Å². The van der Waals surface area contributed by atoms with Crippen molar-refractivity contribution in [1.29, 1.82) is 0 Å². The van der Waals surface area contributed by atoms with Gasteiger partial charge in [-0.1, -0.05) is 30.3 Å². The van der Waals surface area contributed by atoms with Gasteiger partial charge in [0, 0.05) is 12.1 Å². The number of hydrogen-bond donors (Lipinski definition) is 1. The molecule has 4 aromatic rings. The number of fused-ring (bicyclic) bond motifs is 1. The predicted molar refractivity (Wildman–Crippen MR) is 120 cm³/mol. The Morgan fingerprint density at radius 3 is 2.52 bits per heavy atom. The smallest absolute Gasteiger partial charge is 0.266 e. The Labute approximate surface area is 179 Å². The van der Waals surface area contributed by atoms with Crippen LogP contribution in [0.3, 0.4) is 0 Å². The van der Waals surface area contributed by atoms with Gasteiger partial charge in [0.05, 0.1) is 16.6 Å². The van der Waals surface area contributed by atoms with Crippen molar-refractivity contribution in [2.24, 2.45) is 0 Å². The van der Waals surface area contributed by atoms with Gasteiger partial charge in [0.2, 0.25) is 5.91 Å². The first-order valence-electron chi connectivity index (χ1n) is 10.1. The second kappa shape index (κ2) is 8.92. The van der Waals surface area contributed by atoms with Gasteiger partial charge in [-0.15, -0.1) is 0 Å². The number of nitrogens with one attached hydrogen (secondary N) is 1. The number of aromatic nitrogens is 2. The molecule has 0 saturated heterocycles. The minimum Gasteiger partial charge on any atom is -0.326 e. The van der Waals surface area contributed by atoms with Crippen molar-refractivity contribution < 1.29 is 9.18 Å². The summed E-state index contributed by atoms with van der Waals surface area (Å²) >= 11 is 0. The van der Waals surface area contributed by atoms with Crippen LogP contribution in [0, 0.1) is 12.7 Å². The van der Waals surface area contributed by atoms with Gasteiger partial charge in [-0.3, -0.25) is 14.2 Å². The highest BCUT2D eigenvalue weighted by molar-refractivity contribution is 5.93. The number of nitrogens with zero attached hydrogens (tertiary/aromatic N) is 2. The van der Waals surface area contributed by atoms with Gasteiger partial charge < -0.3 is 5.32 Å². The Bertz CT molecular complexity index is 1280. The highest BCUT2D eigenvalue weighted by Crippen LogP contribution is 2.18. The summed E-state index contributed by atoms with van der Waals surface area (Å²) in [5.41, 5.74) is 2.56. The second-order valence-corrected chi connectivity index (χ2v) is 7.40. The summed E-state index contributed by atoms with van der Waals surface area (Å²) in [6.07, 6.45) is 1.96. The van der Waals surface area contributed by atoms with Crippen molar-refractivity contribution in [2.75, 3.05) is 5.32 Å². The number of amides is 1. The molecule has 0 fully saturated rings. The fourth-order valence-corrected chi connectivity index (χ4v) is 3.59. The van der Waals surface area contributed by atoms with Crippen LogP contribution in [0.15, 0.2) is 77.6 Å². The standard InChI is InChI=1S/C25H22FN3O2/c1-17-27-23-15-12-20(28-24(30)9-5-8-18-6-3-2-4-7-18)16-22(23)25(31)29(17)21-13-10-19(26)11-14-21/h2-4,6-7,10-16H,5,8-9H2,1H3,(H,28,30). The third-order valence-electron chi connectivity index (χ3n) is 5.12. The molecule has 0 aliphatic carbocycles. The lowest BCUT2D eigenvalue weighted by atomic mass is 10.1. The largest absolute Gasteiger partial charge is 0.326 e. The van der Waals surface area contributed by atoms with Gasteiger partial charge in [-0.05, 0) is 67.8 Å². The number of carbonyl (C=O) groups excluding carboxylic acids is 1. The van der Waals surface area contributed by atoms with Gasteiger partial charge in [0.25, 0.3) is 5.56 Å². The van der Waals surface area contributed by atoms with Gasteiger partial charge in [0.1, 0.15) is 11.6 Å². The number of carbonyl (C=O) groups is 1. The summed E-state index contributed by atoms with van der Waals surface area (Å²) in [5, 5.41) is 3.25. The van der Waals surface area contributed by atoms with Crippen LogP contribution in [0.4, 0.5) is 10.1 Å². The Kier molecular flexibility index (Phi) is 5.89. The lowest BCUT2D eigenvalue weighted by Gasteiger charge is -2.12. The van der Waals surface area contributed by atoms with E-state index in [-0.39, 0.29) is 17.3 Å². The van der Waals surface area contributed by atoms with Crippen LogP contribution in [0.1, 0.15) is 24.2 Å². The zero-order chi connectivity index (χ0) is 21.8. The summed E-state index contributed by atoms with van der Waals surface area (Å²) < 4.78 is 14.7. The molecule has 0 saturated carbocycles. The fourth-order valence-electron chi connectivity index (χ4n) is 3.59. The molecule has 6 heteroatoms. The average Bonchev–Trinajstić information content (AvgIpc) is 2.76. The normalized spacial score (nSPS) is 10.9.